The van der Waals surface area contributed by atoms with Gasteiger partial charge in [-0.15, -0.1) is 0 Å². The summed E-state index contributed by atoms with van der Waals surface area (Å²) in [6.45, 7) is 15.1. The van der Waals surface area contributed by atoms with Gasteiger partial charge in [0.15, 0.2) is 0 Å². The van der Waals surface area contributed by atoms with Crippen molar-refractivity contribution in [2.24, 2.45) is 5.92 Å². The molecule has 0 fully saturated rings. The molecule has 0 aromatic heterocycles. The van der Waals surface area contributed by atoms with Crippen LogP contribution in [0.5, 0.6) is 5.75 Å². The molecule has 0 amide bonds. The Labute approximate surface area is 299 Å². The molecule has 15 heteroatoms. The number of hydrogen-bond donors (Lipinski definition) is 2. The predicted molar refractivity (Wildman–Crippen MR) is 189 cm³/mol. The van der Waals surface area contributed by atoms with E-state index in [4.69, 9.17) is 57.2 Å². The molecule has 14 nitrogen and oxygen atoms in total. The third-order valence-corrected chi connectivity index (χ3v) is 8.03. The summed E-state index contributed by atoms with van der Waals surface area (Å²) in [4.78, 5) is 17.1. The van der Waals surface area contributed by atoms with E-state index in [0.29, 0.717) is 125 Å². The zero-order valence-corrected chi connectivity index (χ0v) is 31.6. The summed E-state index contributed by atoms with van der Waals surface area (Å²) in [7, 11) is -4.44. The van der Waals surface area contributed by atoms with E-state index in [9.17, 15) is 4.57 Å². The van der Waals surface area contributed by atoms with Crippen molar-refractivity contribution in [2.45, 2.75) is 52.4 Å². The van der Waals surface area contributed by atoms with Gasteiger partial charge in [-0.05, 0) is 42.4 Å². The second-order valence-corrected chi connectivity index (χ2v) is 12.7. The first-order valence-corrected chi connectivity index (χ1v) is 19.5. The van der Waals surface area contributed by atoms with Crippen LogP contribution in [0.2, 0.25) is 0 Å². The molecule has 0 aliphatic heterocycles. The Kier molecular flexibility index (Phi) is 31.4. The van der Waals surface area contributed by atoms with Crippen LogP contribution >= 0.6 is 7.82 Å². The number of phosphoric ester groups is 1. The van der Waals surface area contributed by atoms with E-state index in [1.807, 2.05) is 0 Å². The molecule has 0 aliphatic rings. The fraction of sp³-hybridized carbons (Fsp3) is 0.829. The van der Waals surface area contributed by atoms with E-state index in [0.717, 1.165) is 18.1 Å². The molecule has 1 aromatic carbocycles. The molecular formula is C35H65O14P. The summed E-state index contributed by atoms with van der Waals surface area (Å²) in [5.41, 5.74) is 1.40. The minimum Gasteiger partial charge on any atom is -0.491 e. The largest absolute Gasteiger partial charge is 0.491 e. The van der Waals surface area contributed by atoms with Gasteiger partial charge in [-0.3, -0.25) is 4.52 Å². The molecule has 294 valence electrons. The van der Waals surface area contributed by atoms with Gasteiger partial charge in [0.2, 0.25) is 0 Å². The highest BCUT2D eigenvalue weighted by atomic mass is 31.2. The zero-order chi connectivity index (χ0) is 36.4. The van der Waals surface area contributed by atoms with E-state index in [-0.39, 0.29) is 13.2 Å². The average Bonchev–Trinajstić information content (AvgIpc) is 3.10. The molecule has 0 saturated heterocycles. The molecule has 1 aromatic rings. The normalized spacial score (nSPS) is 13.1. The van der Waals surface area contributed by atoms with Crippen molar-refractivity contribution < 1.29 is 66.2 Å². The van der Waals surface area contributed by atoms with Crippen LogP contribution in [0.15, 0.2) is 24.3 Å². The number of rotatable bonds is 38. The van der Waals surface area contributed by atoms with E-state index < -0.39 is 7.82 Å². The maximum atomic E-state index is 10.5. The van der Waals surface area contributed by atoms with Gasteiger partial charge in [0, 0.05) is 0 Å². The molecule has 0 radical (unpaired) electrons. The van der Waals surface area contributed by atoms with Crippen molar-refractivity contribution in [2.75, 3.05) is 132 Å². The lowest BCUT2D eigenvalue weighted by Crippen LogP contribution is -2.15. The topological polar surface area (TPSA) is 159 Å². The molecular weight excluding hydrogens is 675 g/mol. The first kappa shape index (κ1) is 46.8. The highest BCUT2D eigenvalue weighted by Crippen LogP contribution is 2.35. The molecule has 0 saturated carbocycles. The smallest absolute Gasteiger partial charge is 0.469 e. The molecule has 1 rings (SSSR count). The Hall–Kier alpha value is -1.23. The van der Waals surface area contributed by atoms with Gasteiger partial charge in [0.25, 0.3) is 0 Å². The van der Waals surface area contributed by atoms with Crippen molar-refractivity contribution in [3.63, 3.8) is 0 Å². The molecule has 0 spiro atoms. The maximum Gasteiger partial charge on any atom is 0.469 e. The molecule has 2 N–H and O–H groups in total. The van der Waals surface area contributed by atoms with Crippen LogP contribution in [0, 0.1) is 5.92 Å². The Bertz CT molecular complexity index is 904. The van der Waals surface area contributed by atoms with Gasteiger partial charge in [-0.2, -0.15) is 0 Å². The fourth-order valence-electron chi connectivity index (χ4n) is 4.43. The number of hydrogen-bond acceptors (Lipinski definition) is 12. The lowest BCUT2D eigenvalue weighted by atomic mass is 9.88. The lowest BCUT2D eigenvalue weighted by molar-refractivity contribution is -0.0258. The Morgan fingerprint density at radius 2 is 0.840 bits per heavy atom. The van der Waals surface area contributed by atoms with Crippen LogP contribution in [0.25, 0.3) is 0 Å². The van der Waals surface area contributed by atoms with Gasteiger partial charge in [0.05, 0.1) is 126 Å². The van der Waals surface area contributed by atoms with Crippen LogP contribution in [0.1, 0.15) is 57.9 Å². The van der Waals surface area contributed by atoms with Crippen LogP contribution in [0.3, 0.4) is 0 Å². The second-order valence-electron chi connectivity index (χ2n) is 11.4. The highest BCUT2D eigenvalue weighted by molar-refractivity contribution is 7.46. The minimum atomic E-state index is -4.44. The van der Waals surface area contributed by atoms with E-state index in [1.165, 1.54) is 24.8 Å². The average molecular weight is 741 g/mol. The first-order valence-electron chi connectivity index (χ1n) is 18.0. The third-order valence-electron chi connectivity index (χ3n) is 7.51. The molecule has 2 atom stereocenters. The quantitative estimate of drug-likeness (QED) is 0.0713. The lowest BCUT2D eigenvalue weighted by Gasteiger charge is -2.18. The molecule has 2 unspecified atom stereocenters. The fourth-order valence-corrected chi connectivity index (χ4v) is 4.74. The van der Waals surface area contributed by atoms with Crippen LogP contribution in [-0.4, -0.2) is 142 Å². The molecule has 50 heavy (non-hydrogen) atoms. The van der Waals surface area contributed by atoms with Crippen molar-refractivity contribution >= 4 is 7.82 Å². The van der Waals surface area contributed by atoms with E-state index in [1.54, 1.807) is 0 Å². The van der Waals surface area contributed by atoms with Crippen LogP contribution < -0.4 is 4.74 Å². The van der Waals surface area contributed by atoms with Crippen molar-refractivity contribution in [3.05, 3.63) is 29.8 Å². The van der Waals surface area contributed by atoms with Crippen molar-refractivity contribution in [1.82, 2.24) is 0 Å². The summed E-state index contributed by atoms with van der Waals surface area (Å²) < 4.78 is 69.4. The van der Waals surface area contributed by atoms with Gasteiger partial charge >= 0.3 is 7.82 Å². The summed E-state index contributed by atoms with van der Waals surface area (Å²) >= 11 is 0. The van der Waals surface area contributed by atoms with Gasteiger partial charge in [-0.25, -0.2) is 4.57 Å². The van der Waals surface area contributed by atoms with Crippen LogP contribution in [-0.2, 0) is 51.7 Å². The van der Waals surface area contributed by atoms with Gasteiger partial charge in [-0.1, -0.05) is 45.7 Å². The molecule has 0 bridgehead atoms. The highest BCUT2D eigenvalue weighted by Gasteiger charge is 2.13. The standard InChI is InChI=1S/C35H65O14P/c1-4-32(3)6-7-33(5-2)34-8-10-35(11-9-34)48-30-28-46-26-24-44-22-20-42-18-16-40-14-12-39-13-15-41-17-19-43-21-23-45-25-27-47-29-31-49-50(36,37)38/h8-11,32-33H,4-7,12-31H2,1-3H3,(H2,36,37,38). The minimum absolute atomic E-state index is 0.0790. The predicted octanol–water partition coefficient (Wildman–Crippen LogP) is 4.64. The second kappa shape index (κ2) is 33.6. The zero-order valence-electron chi connectivity index (χ0n) is 30.7. The number of phosphoric acid groups is 1. The van der Waals surface area contributed by atoms with Gasteiger partial charge < -0.3 is 57.2 Å². The molecule has 0 aliphatic carbocycles. The number of ether oxygens (including phenoxy) is 10. The van der Waals surface area contributed by atoms with Crippen molar-refractivity contribution in [3.8, 4) is 5.75 Å². The monoisotopic (exact) mass is 740 g/mol. The van der Waals surface area contributed by atoms with E-state index >= 15 is 0 Å². The maximum absolute atomic E-state index is 10.5. The van der Waals surface area contributed by atoms with Crippen LogP contribution in [0.4, 0.5) is 0 Å². The SMILES string of the molecule is CCC(C)CCC(CC)c1ccc(OCCOCCOCCOCCOCCOCCOCCOCCOCCOCCOP(=O)(O)O)cc1. The summed E-state index contributed by atoms with van der Waals surface area (Å²) in [5.74, 6) is 2.28. The Balaban J connectivity index is 1.75. The summed E-state index contributed by atoms with van der Waals surface area (Å²) in [6.07, 6.45) is 4.93. The van der Waals surface area contributed by atoms with Crippen molar-refractivity contribution in [1.29, 1.82) is 0 Å². The summed E-state index contributed by atoms with van der Waals surface area (Å²) in [6, 6.07) is 8.53. The molecule has 0 heterocycles. The Morgan fingerprint density at radius 3 is 1.16 bits per heavy atom. The Morgan fingerprint density at radius 1 is 0.500 bits per heavy atom. The third kappa shape index (κ3) is 30.4. The van der Waals surface area contributed by atoms with Gasteiger partial charge in [0.1, 0.15) is 12.4 Å². The first-order chi connectivity index (χ1) is 24.4. The number of benzene rings is 1. The summed E-state index contributed by atoms with van der Waals surface area (Å²) in [5, 5.41) is 0. The van der Waals surface area contributed by atoms with E-state index in [2.05, 4.69) is 49.6 Å².